The van der Waals surface area contributed by atoms with Crippen LogP contribution in [0.5, 0.6) is 5.75 Å². The minimum Gasteiger partial charge on any atom is -0.496 e. The fourth-order valence-electron chi connectivity index (χ4n) is 3.57. The molecule has 1 aromatic rings. The topological polar surface area (TPSA) is 32.7 Å². The zero-order chi connectivity index (χ0) is 15.4. The number of methoxy groups -OCH3 is 1. The number of hydrogen-bond donors (Lipinski definition) is 1. The molecule has 0 saturated heterocycles. The molecule has 1 saturated carbocycles. The number of benzene rings is 1. The van der Waals surface area contributed by atoms with Crippen LogP contribution < -0.4 is 9.64 Å². The number of anilines is 1. The number of aliphatic hydroxyl groups excluding tert-OH is 1. The fraction of sp³-hybridized carbons (Fsp3) is 0.667. The van der Waals surface area contributed by atoms with Gasteiger partial charge in [0.25, 0.3) is 0 Å². The van der Waals surface area contributed by atoms with Crippen LogP contribution in [0.3, 0.4) is 0 Å². The first-order valence-electron chi connectivity index (χ1n) is 8.16. The standard InChI is InChI=1S/C18H29NO2/c1-5-14-9-11-15(12-10-14)19(3)16-7-6-8-17(21-4)18(16)13(2)20/h6-8,13-15,20H,5,9-12H2,1-4H3/t13-,14?,15?/m0/s1. The van der Waals surface area contributed by atoms with Crippen LogP contribution in [0.4, 0.5) is 5.69 Å². The SMILES string of the molecule is CCC1CCC(N(C)c2cccc(OC)c2[C@H](C)O)CC1. The van der Waals surface area contributed by atoms with Gasteiger partial charge in [-0.05, 0) is 50.7 Å². The molecule has 21 heavy (non-hydrogen) atoms. The molecule has 3 nitrogen and oxygen atoms in total. The van der Waals surface area contributed by atoms with Crippen molar-refractivity contribution in [3.63, 3.8) is 0 Å². The molecule has 1 atom stereocenters. The molecule has 0 amide bonds. The van der Waals surface area contributed by atoms with Gasteiger partial charge in [-0.2, -0.15) is 0 Å². The van der Waals surface area contributed by atoms with E-state index < -0.39 is 6.10 Å². The maximum Gasteiger partial charge on any atom is 0.126 e. The first kappa shape index (κ1) is 16.2. The molecule has 0 bridgehead atoms. The maximum absolute atomic E-state index is 10.1. The van der Waals surface area contributed by atoms with Crippen LogP contribution in [0.2, 0.25) is 0 Å². The summed E-state index contributed by atoms with van der Waals surface area (Å²) < 4.78 is 5.43. The molecule has 118 valence electrons. The van der Waals surface area contributed by atoms with Crippen molar-refractivity contribution < 1.29 is 9.84 Å². The molecule has 0 heterocycles. The monoisotopic (exact) mass is 291 g/mol. The molecule has 0 radical (unpaired) electrons. The van der Waals surface area contributed by atoms with Crippen molar-refractivity contribution >= 4 is 5.69 Å². The summed E-state index contributed by atoms with van der Waals surface area (Å²) in [6.45, 7) is 4.10. The van der Waals surface area contributed by atoms with Crippen molar-refractivity contribution in [2.45, 2.75) is 58.1 Å². The predicted octanol–water partition coefficient (Wildman–Crippen LogP) is 4.15. The second-order valence-electron chi connectivity index (χ2n) is 6.26. The van der Waals surface area contributed by atoms with Gasteiger partial charge < -0.3 is 14.7 Å². The molecule has 0 aliphatic heterocycles. The van der Waals surface area contributed by atoms with Gasteiger partial charge >= 0.3 is 0 Å². The number of nitrogens with zero attached hydrogens (tertiary/aromatic N) is 1. The van der Waals surface area contributed by atoms with Crippen molar-refractivity contribution in [3.8, 4) is 5.75 Å². The summed E-state index contributed by atoms with van der Waals surface area (Å²) in [5, 5.41) is 10.1. The van der Waals surface area contributed by atoms with E-state index in [1.165, 1.54) is 32.1 Å². The van der Waals surface area contributed by atoms with E-state index in [4.69, 9.17) is 4.74 Å². The Labute approximate surface area is 128 Å². The zero-order valence-electron chi connectivity index (χ0n) is 13.8. The number of ether oxygens (including phenoxy) is 1. The average Bonchev–Trinajstić information content (AvgIpc) is 2.53. The molecular formula is C18H29NO2. The molecule has 1 N–H and O–H groups in total. The normalized spacial score (nSPS) is 23.7. The second kappa shape index (κ2) is 7.17. The van der Waals surface area contributed by atoms with Crippen molar-refractivity contribution in [2.75, 3.05) is 19.1 Å². The van der Waals surface area contributed by atoms with E-state index in [0.29, 0.717) is 6.04 Å². The summed E-state index contributed by atoms with van der Waals surface area (Å²) in [4.78, 5) is 2.34. The van der Waals surface area contributed by atoms with Gasteiger partial charge in [-0.25, -0.2) is 0 Å². The van der Waals surface area contributed by atoms with Crippen LogP contribution in [0.25, 0.3) is 0 Å². The van der Waals surface area contributed by atoms with E-state index >= 15 is 0 Å². The molecular weight excluding hydrogens is 262 g/mol. The molecule has 1 fully saturated rings. The summed E-state index contributed by atoms with van der Waals surface area (Å²) in [5.41, 5.74) is 2.00. The summed E-state index contributed by atoms with van der Waals surface area (Å²) in [5.74, 6) is 1.67. The Bertz CT molecular complexity index is 451. The lowest BCUT2D eigenvalue weighted by Crippen LogP contribution is -2.35. The Morgan fingerprint density at radius 2 is 1.95 bits per heavy atom. The van der Waals surface area contributed by atoms with Gasteiger partial charge in [0.1, 0.15) is 5.75 Å². The predicted molar refractivity (Wildman–Crippen MR) is 88.1 cm³/mol. The average molecular weight is 291 g/mol. The first-order valence-corrected chi connectivity index (χ1v) is 8.16. The molecule has 1 aromatic carbocycles. The lowest BCUT2D eigenvalue weighted by atomic mass is 9.84. The lowest BCUT2D eigenvalue weighted by Gasteiger charge is -2.37. The summed E-state index contributed by atoms with van der Waals surface area (Å²) in [7, 11) is 3.81. The van der Waals surface area contributed by atoms with Crippen molar-refractivity contribution in [3.05, 3.63) is 23.8 Å². The highest BCUT2D eigenvalue weighted by Gasteiger charge is 2.26. The van der Waals surface area contributed by atoms with Crippen LogP contribution in [0.15, 0.2) is 18.2 Å². The van der Waals surface area contributed by atoms with E-state index in [9.17, 15) is 5.11 Å². The van der Waals surface area contributed by atoms with Gasteiger partial charge in [0.2, 0.25) is 0 Å². The molecule has 0 unspecified atom stereocenters. The quantitative estimate of drug-likeness (QED) is 0.884. The second-order valence-corrected chi connectivity index (χ2v) is 6.26. The van der Waals surface area contributed by atoms with Gasteiger partial charge in [-0.3, -0.25) is 0 Å². The summed E-state index contributed by atoms with van der Waals surface area (Å²) in [6.07, 6.45) is 5.90. The third-order valence-electron chi connectivity index (χ3n) is 5.00. The van der Waals surface area contributed by atoms with Crippen LogP contribution in [-0.2, 0) is 0 Å². The smallest absolute Gasteiger partial charge is 0.126 e. The largest absolute Gasteiger partial charge is 0.496 e. The van der Waals surface area contributed by atoms with Crippen molar-refractivity contribution in [1.82, 2.24) is 0 Å². The highest BCUT2D eigenvalue weighted by atomic mass is 16.5. The highest BCUT2D eigenvalue weighted by Crippen LogP contribution is 2.37. The van der Waals surface area contributed by atoms with E-state index in [2.05, 4.69) is 24.9 Å². The van der Waals surface area contributed by atoms with Crippen LogP contribution in [0, 0.1) is 5.92 Å². The highest BCUT2D eigenvalue weighted by molar-refractivity contribution is 5.60. The molecule has 0 aromatic heterocycles. The molecule has 1 aliphatic rings. The van der Waals surface area contributed by atoms with E-state index in [-0.39, 0.29) is 0 Å². The van der Waals surface area contributed by atoms with Crippen molar-refractivity contribution in [1.29, 1.82) is 0 Å². The molecule has 2 rings (SSSR count). The Balaban J connectivity index is 2.21. The minimum absolute atomic E-state index is 0.523. The zero-order valence-corrected chi connectivity index (χ0v) is 13.8. The van der Waals surface area contributed by atoms with Gasteiger partial charge in [0.05, 0.1) is 13.2 Å². The van der Waals surface area contributed by atoms with Crippen molar-refractivity contribution in [2.24, 2.45) is 5.92 Å². The maximum atomic E-state index is 10.1. The fourth-order valence-corrected chi connectivity index (χ4v) is 3.57. The number of aliphatic hydroxyl groups is 1. The summed E-state index contributed by atoms with van der Waals surface area (Å²) in [6, 6.07) is 6.59. The van der Waals surface area contributed by atoms with Gasteiger partial charge in [0.15, 0.2) is 0 Å². The van der Waals surface area contributed by atoms with Gasteiger partial charge in [-0.1, -0.05) is 19.4 Å². The minimum atomic E-state index is -0.523. The third-order valence-corrected chi connectivity index (χ3v) is 5.00. The lowest BCUT2D eigenvalue weighted by molar-refractivity contribution is 0.194. The molecule has 0 spiro atoms. The van der Waals surface area contributed by atoms with E-state index in [1.54, 1.807) is 7.11 Å². The number of hydrogen-bond acceptors (Lipinski definition) is 3. The van der Waals surface area contributed by atoms with Gasteiger partial charge in [0, 0.05) is 24.3 Å². The Morgan fingerprint density at radius 1 is 1.29 bits per heavy atom. The third kappa shape index (κ3) is 3.52. The molecule has 1 aliphatic carbocycles. The van der Waals surface area contributed by atoms with E-state index in [1.807, 2.05) is 19.1 Å². The Kier molecular flexibility index (Phi) is 5.51. The van der Waals surface area contributed by atoms with Crippen LogP contribution in [0.1, 0.15) is 57.6 Å². The van der Waals surface area contributed by atoms with Crippen LogP contribution >= 0.6 is 0 Å². The molecule has 3 heteroatoms. The van der Waals surface area contributed by atoms with E-state index in [0.717, 1.165) is 22.9 Å². The number of rotatable bonds is 5. The Hall–Kier alpha value is -1.22. The first-order chi connectivity index (χ1) is 10.1. The Morgan fingerprint density at radius 3 is 2.48 bits per heavy atom. The summed E-state index contributed by atoms with van der Waals surface area (Å²) >= 11 is 0. The van der Waals surface area contributed by atoms with Crippen LogP contribution in [-0.4, -0.2) is 25.3 Å². The van der Waals surface area contributed by atoms with Gasteiger partial charge in [-0.15, -0.1) is 0 Å².